The molecule has 0 N–H and O–H groups in total. The van der Waals surface area contributed by atoms with Gasteiger partial charge in [0.2, 0.25) is 0 Å². The molecule has 0 atom stereocenters. The molecule has 0 bridgehead atoms. The summed E-state index contributed by atoms with van der Waals surface area (Å²) in [6, 6.07) is 19.2. The highest BCUT2D eigenvalue weighted by molar-refractivity contribution is 6.11. The molecule has 0 spiro atoms. The largest absolute Gasteiger partial charge is 0.493 e. The lowest BCUT2D eigenvalue weighted by molar-refractivity contribution is 0.357. The van der Waals surface area contributed by atoms with Gasteiger partial charge in [0.25, 0.3) is 0 Å². The number of benzene rings is 3. The van der Waals surface area contributed by atoms with Gasteiger partial charge in [0.1, 0.15) is 17.0 Å². The minimum Gasteiger partial charge on any atom is -0.493 e. The van der Waals surface area contributed by atoms with Crippen molar-refractivity contribution in [3.8, 4) is 17.0 Å². The van der Waals surface area contributed by atoms with Gasteiger partial charge in [0.05, 0.1) is 6.61 Å². The molecule has 0 fully saturated rings. The van der Waals surface area contributed by atoms with Crippen LogP contribution in [0.4, 0.5) is 0 Å². The van der Waals surface area contributed by atoms with Gasteiger partial charge in [-0.05, 0) is 52.1 Å². The number of aromatic nitrogens is 1. The summed E-state index contributed by atoms with van der Waals surface area (Å²) in [7, 11) is 0. The van der Waals surface area contributed by atoms with Crippen molar-refractivity contribution in [1.82, 2.24) is 4.98 Å². The average Bonchev–Trinajstić information content (AvgIpc) is 3.35. The Morgan fingerprint density at radius 1 is 0.933 bits per heavy atom. The minimum absolute atomic E-state index is 0.0234. The van der Waals surface area contributed by atoms with E-state index in [1.54, 1.807) is 0 Å². The highest BCUT2D eigenvalue weighted by Gasteiger charge is 2.23. The lowest BCUT2D eigenvalue weighted by Crippen LogP contribution is -2.12. The number of hydrogen-bond acceptors (Lipinski definition) is 3. The van der Waals surface area contributed by atoms with Crippen molar-refractivity contribution in [2.45, 2.75) is 32.6 Å². The molecule has 6 rings (SSSR count). The monoisotopic (exact) mass is 393 g/mol. The van der Waals surface area contributed by atoms with Crippen LogP contribution in [0.2, 0.25) is 0 Å². The molecular formula is C27H23NO2. The van der Waals surface area contributed by atoms with Gasteiger partial charge < -0.3 is 9.15 Å². The third-order valence-electron chi connectivity index (χ3n) is 6.17. The Morgan fingerprint density at radius 2 is 1.80 bits per heavy atom. The van der Waals surface area contributed by atoms with E-state index in [0.717, 1.165) is 46.6 Å². The van der Waals surface area contributed by atoms with E-state index in [2.05, 4.69) is 63.2 Å². The van der Waals surface area contributed by atoms with Gasteiger partial charge >= 0.3 is 0 Å². The highest BCUT2D eigenvalue weighted by atomic mass is 16.5. The summed E-state index contributed by atoms with van der Waals surface area (Å²) in [5.41, 5.74) is 6.33. The molecule has 3 aromatic carbocycles. The Morgan fingerprint density at radius 3 is 2.67 bits per heavy atom. The van der Waals surface area contributed by atoms with E-state index in [1.165, 1.54) is 27.3 Å². The molecule has 3 nitrogen and oxygen atoms in total. The second kappa shape index (κ2) is 6.09. The second-order valence-electron chi connectivity index (χ2n) is 9.15. The average molecular weight is 393 g/mol. The van der Waals surface area contributed by atoms with E-state index >= 15 is 0 Å². The Balaban J connectivity index is 1.68. The molecule has 30 heavy (non-hydrogen) atoms. The van der Waals surface area contributed by atoms with Crippen LogP contribution in [-0.4, -0.2) is 11.6 Å². The molecule has 0 amide bonds. The Kier molecular flexibility index (Phi) is 3.55. The number of rotatable bonds is 1. The summed E-state index contributed by atoms with van der Waals surface area (Å²) in [4.78, 5) is 4.77. The first-order valence-corrected chi connectivity index (χ1v) is 10.5. The summed E-state index contributed by atoms with van der Waals surface area (Å²) in [6.45, 7) is 7.52. The third-order valence-corrected chi connectivity index (χ3v) is 6.17. The first-order valence-electron chi connectivity index (χ1n) is 10.5. The molecule has 148 valence electrons. The van der Waals surface area contributed by atoms with Crippen LogP contribution in [0.25, 0.3) is 44.0 Å². The molecule has 1 aliphatic rings. The number of nitrogens with zero attached hydrogens (tertiary/aromatic N) is 1. The Labute approximate surface area is 175 Å². The van der Waals surface area contributed by atoms with Crippen molar-refractivity contribution in [3.63, 3.8) is 0 Å². The molecule has 5 aromatic rings. The SMILES string of the molecule is CC(C)(C)c1cc(-c2nccc3c2oc2ccc4c(c23)CCO4)cc2ccccc12. The smallest absolute Gasteiger partial charge is 0.161 e. The van der Waals surface area contributed by atoms with Crippen LogP contribution in [0.5, 0.6) is 5.75 Å². The van der Waals surface area contributed by atoms with Crippen LogP contribution in [-0.2, 0) is 11.8 Å². The molecule has 3 heteroatoms. The maximum absolute atomic E-state index is 6.38. The first kappa shape index (κ1) is 17.5. The van der Waals surface area contributed by atoms with Crippen LogP contribution in [0.1, 0.15) is 31.9 Å². The van der Waals surface area contributed by atoms with E-state index in [9.17, 15) is 0 Å². The van der Waals surface area contributed by atoms with E-state index in [0.29, 0.717) is 0 Å². The van der Waals surface area contributed by atoms with Gasteiger partial charge in [-0.3, -0.25) is 4.98 Å². The molecule has 3 heterocycles. The topological polar surface area (TPSA) is 35.3 Å². The van der Waals surface area contributed by atoms with Gasteiger partial charge in [-0.1, -0.05) is 45.0 Å². The predicted molar refractivity (Wildman–Crippen MR) is 122 cm³/mol. The maximum atomic E-state index is 6.38. The number of pyridine rings is 1. The zero-order chi connectivity index (χ0) is 20.5. The van der Waals surface area contributed by atoms with Crippen LogP contribution >= 0.6 is 0 Å². The predicted octanol–water partition coefficient (Wildman–Crippen LogP) is 7.03. The van der Waals surface area contributed by atoms with Crippen molar-refractivity contribution >= 4 is 32.7 Å². The van der Waals surface area contributed by atoms with Crippen LogP contribution in [0.15, 0.2) is 65.2 Å². The summed E-state index contributed by atoms with van der Waals surface area (Å²) >= 11 is 0. The van der Waals surface area contributed by atoms with Crippen molar-refractivity contribution in [3.05, 3.63) is 71.9 Å². The van der Waals surface area contributed by atoms with E-state index < -0.39 is 0 Å². The molecule has 0 saturated carbocycles. The fraction of sp³-hybridized carbons (Fsp3) is 0.222. The maximum Gasteiger partial charge on any atom is 0.161 e. The van der Waals surface area contributed by atoms with E-state index in [4.69, 9.17) is 14.1 Å². The second-order valence-corrected chi connectivity index (χ2v) is 9.15. The third kappa shape index (κ3) is 2.48. The van der Waals surface area contributed by atoms with Gasteiger partial charge in [-0.2, -0.15) is 0 Å². The van der Waals surface area contributed by atoms with Crippen molar-refractivity contribution in [2.75, 3.05) is 6.61 Å². The highest BCUT2D eigenvalue weighted by Crippen LogP contribution is 2.42. The van der Waals surface area contributed by atoms with Gasteiger partial charge in [0, 0.05) is 34.5 Å². The first-order chi connectivity index (χ1) is 14.5. The zero-order valence-corrected chi connectivity index (χ0v) is 17.5. The summed E-state index contributed by atoms with van der Waals surface area (Å²) in [5, 5.41) is 4.80. The number of ether oxygens (including phenoxy) is 1. The standard InChI is InChI=1S/C27H23NO2/c1-27(2,3)21-15-17(14-16-6-4-5-7-18(16)21)25-26-20(10-12-28-25)24-19-11-13-29-22(19)8-9-23(24)30-26/h4-10,12,14-15H,11,13H2,1-3H3. The van der Waals surface area contributed by atoms with Gasteiger partial charge in [-0.15, -0.1) is 0 Å². The Bertz CT molecular complexity index is 1450. The molecule has 0 radical (unpaired) electrons. The quantitative estimate of drug-likeness (QED) is 0.306. The van der Waals surface area contributed by atoms with Crippen molar-refractivity contribution in [1.29, 1.82) is 0 Å². The lowest BCUT2D eigenvalue weighted by Gasteiger charge is -2.22. The summed E-state index contributed by atoms with van der Waals surface area (Å²) in [6.07, 6.45) is 2.82. The van der Waals surface area contributed by atoms with Crippen LogP contribution < -0.4 is 4.74 Å². The normalized spacial score (nSPS) is 13.8. The summed E-state index contributed by atoms with van der Waals surface area (Å²) in [5.74, 6) is 0.976. The molecule has 0 aliphatic carbocycles. The van der Waals surface area contributed by atoms with Crippen LogP contribution in [0, 0.1) is 0 Å². The molecular weight excluding hydrogens is 370 g/mol. The van der Waals surface area contributed by atoms with Crippen LogP contribution in [0.3, 0.4) is 0 Å². The molecule has 1 aliphatic heterocycles. The number of furan rings is 1. The summed E-state index contributed by atoms with van der Waals surface area (Å²) < 4.78 is 12.2. The number of hydrogen-bond donors (Lipinski definition) is 0. The fourth-order valence-electron chi connectivity index (χ4n) is 4.77. The molecule has 0 saturated heterocycles. The Hall–Kier alpha value is -3.33. The van der Waals surface area contributed by atoms with Crippen molar-refractivity contribution < 1.29 is 9.15 Å². The number of fused-ring (bicyclic) bond motifs is 6. The molecule has 2 aromatic heterocycles. The lowest BCUT2D eigenvalue weighted by atomic mass is 9.82. The van der Waals surface area contributed by atoms with E-state index in [1.807, 2.05) is 18.3 Å². The van der Waals surface area contributed by atoms with Crippen molar-refractivity contribution in [2.24, 2.45) is 0 Å². The van der Waals surface area contributed by atoms with Gasteiger partial charge in [0.15, 0.2) is 5.58 Å². The van der Waals surface area contributed by atoms with Gasteiger partial charge in [-0.25, -0.2) is 0 Å². The van der Waals surface area contributed by atoms with E-state index in [-0.39, 0.29) is 5.41 Å². The molecule has 0 unspecified atom stereocenters. The zero-order valence-electron chi connectivity index (χ0n) is 17.5. The fourth-order valence-corrected chi connectivity index (χ4v) is 4.77. The minimum atomic E-state index is 0.0234.